The summed E-state index contributed by atoms with van der Waals surface area (Å²) in [6, 6.07) is 5.11. The van der Waals surface area contributed by atoms with Crippen molar-refractivity contribution in [3.63, 3.8) is 0 Å². The number of nitrogens with zero attached hydrogens (tertiary/aromatic N) is 4. The van der Waals surface area contributed by atoms with Crippen LogP contribution in [0, 0.1) is 0 Å². The number of anilines is 2. The van der Waals surface area contributed by atoms with E-state index in [1.165, 1.54) is 23.7 Å². The highest BCUT2D eigenvalue weighted by Gasteiger charge is 2.31. The summed E-state index contributed by atoms with van der Waals surface area (Å²) in [5, 5.41) is 4.85. The number of methoxy groups -OCH3 is 1. The summed E-state index contributed by atoms with van der Waals surface area (Å²) in [4.78, 5) is 5.23. The lowest BCUT2D eigenvalue weighted by molar-refractivity contribution is -0.137. The number of hydrogen-bond acceptors (Lipinski definition) is 6. The molecular weight excluding hydrogens is 423 g/mol. The van der Waals surface area contributed by atoms with Crippen LogP contribution in [-0.4, -0.2) is 49.6 Å². The Morgan fingerprint density at radius 2 is 2.00 bits per heavy atom. The van der Waals surface area contributed by atoms with Crippen molar-refractivity contribution in [1.82, 2.24) is 14.8 Å². The number of benzene rings is 1. The summed E-state index contributed by atoms with van der Waals surface area (Å²) >= 11 is 0. The number of nitrogens with one attached hydrogen (secondary N) is 1. The first-order valence-electron chi connectivity index (χ1n) is 8.75. The second kappa shape index (κ2) is 8.01. The normalized spacial score (nSPS) is 12.2. The Kier molecular flexibility index (Phi) is 5.79. The summed E-state index contributed by atoms with van der Waals surface area (Å²) in [7, 11) is 0.707. The molecule has 3 rings (SSSR count). The van der Waals surface area contributed by atoms with Gasteiger partial charge in [0.1, 0.15) is 17.3 Å². The highest BCUT2D eigenvalue weighted by molar-refractivity contribution is 7.92. The highest BCUT2D eigenvalue weighted by atomic mass is 32.2. The van der Waals surface area contributed by atoms with E-state index in [-0.39, 0.29) is 23.8 Å². The van der Waals surface area contributed by atoms with Crippen LogP contribution < -0.4 is 14.4 Å². The van der Waals surface area contributed by atoms with E-state index in [0.29, 0.717) is 11.3 Å². The molecule has 0 bridgehead atoms. The van der Waals surface area contributed by atoms with Gasteiger partial charge in [0.05, 0.1) is 30.1 Å². The van der Waals surface area contributed by atoms with Gasteiger partial charge >= 0.3 is 6.18 Å². The zero-order chi connectivity index (χ0) is 22.1. The molecule has 162 valence electrons. The average molecular weight is 443 g/mol. The SMILES string of the molecule is COc1ccc2cnn(C)c2c1NS(=O)(=O)CCN(C)c1cc(C(F)(F)F)ccn1. The molecule has 0 atom stereocenters. The molecule has 0 saturated heterocycles. The van der Waals surface area contributed by atoms with Gasteiger partial charge in [0.2, 0.25) is 10.0 Å². The summed E-state index contributed by atoms with van der Waals surface area (Å²) in [6.07, 6.45) is -1.88. The van der Waals surface area contributed by atoms with Crippen LogP contribution in [0.15, 0.2) is 36.7 Å². The maximum absolute atomic E-state index is 12.9. The van der Waals surface area contributed by atoms with Crippen molar-refractivity contribution in [2.75, 3.05) is 36.1 Å². The lowest BCUT2D eigenvalue weighted by Gasteiger charge is -2.20. The van der Waals surface area contributed by atoms with Gasteiger partial charge in [-0.3, -0.25) is 9.40 Å². The van der Waals surface area contributed by atoms with Crippen LogP contribution >= 0.6 is 0 Å². The van der Waals surface area contributed by atoms with E-state index in [2.05, 4.69) is 14.8 Å². The minimum absolute atomic E-state index is 0.0198. The molecule has 2 heterocycles. The van der Waals surface area contributed by atoms with E-state index < -0.39 is 21.8 Å². The van der Waals surface area contributed by atoms with E-state index in [4.69, 9.17) is 4.74 Å². The first kappa shape index (κ1) is 21.7. The fourth-order valence-electron chi connectivity index (χ4n) is 2.90. The van der Waals surface area contributed by atoms with Gasteiger partial charge in [-0.15, -0.1) is 0 Å². The van der Waals surface area contributed by atoms with Gasteiger partial charge in [0.25, 0.3) is 0 Å². The van der Waals surface area contributed by atoms with Gasteiger partial charge in [-0.1, -0.05) is 0 Å². The predicted octanol–water partition coefficient (Wildman–Crippen LogP) is 2.87. The smallest absolute Gasteiger partial charge is 0.416 e. The van der Waals surface area contributed by atoms with E-state index >= 15 is 0 Å². The third kappa shape index (κ3) is 4.58. The Morgan fingerprint density at radius 1 is 1.27 bits per heavy atom. The maximum Gasteiger partial charge on any atom is 0.416 e. The standard InChI is InChI=1S/C18H20F3N5O3S/c1-25(15-10-13(6-7-22-15)18(19,20)21)8-9-30(27,28)24-16-14(29-3)5-4-12-11-23-26(2)17(12)16/h4-7,10-11,24H,8-9H2,1-3H3. The molecule has 0 unspecified atom stereocenters. The maximum atomic E-state index is 12.9. The van der Waals surface area contributed by atoms with Gasteiger partial charge in [-0.25, -0.2) is 13.4 Å². The Hall–Kier alpha value is -3.02. The molecule has 2 aromatic heterocycles. The molecule has 3 aromatic rings. The fourth-order valence-corrected chi connectivity index (χ4v) is 4.02. The molecule has 1 aromatic carbocycles. The lowest BCUT2D eigenvalue weighted by Crippen LogP contribution is -2.29. The molecule has 1 N–H and O–H groups in total. The molecule has 0 spiro atoms. The van der Waals surface area contributed by atoms with Crippen molar-refractivity contribution < 1.29 is 26.3 Å². The van der Waals surface area contributed by atoms with Gasteiger partial charge < -0.3 is 9.64 Å². The van der Waals surface area contributed by atoms with Gasteiger partial charge in [0.15, 0.2) is 0 Å². The second-order valence-corrected chi connectivity index (χ2v) is 8.43. The topological polar surface area (TPSA) is 89.3 Å². The molecular formula is C18H20F3N5O3S. The van der Waals surface area contributed by atoms with Crippen LogP contribution in [-0.2, 0) is 23.2 Å². The number of aryl methyl sites for hydroxylation is 1. The predicted molar refractivity (Wildman–Crippen MR) is 107 cm³/mol. The molecule has 0 aliphatic heterocycles. The zero-order valence-corrected chi connectivity index (χ0v) is 17.3. The number of alkyl halides is 3. The molecule has 0 aliphatic carbocycles. The minimum atomic E-state index is -4.51. The summed E-state index contributed by atoms with van der Waals surface area (Å²) < 4.78 is 73.3. The number of hydrogen-bond donors (Lipinski definition) is 1. The fraction of sp³-hybridized carbons (Fsp3) is 0.333. The molecule has 0 saturated carbocycles. The quantitative estimate of drug-likeness (QED) is 0.604. The third-order valence-corrected chi connectivity index (χ3v) is 5.74. The highest BCUT2D eigenvalue weighted by Crippen LogP contribution is 2.34. The van der Waals surface area contributed by atoms with Gasteiger partial charge in [0, 0.05) is 32.2 Å². The Balaban J connectivity index is 1.79. The van der Waals surface area contributed by atoms with Crippen molar-refractivity contribution in [2.45, 2.75) is 6.18 Å². The molecule has 30 heavy (non-hydrogen) atoms. The van der Waals surface area contributed by atoms with Crippen molar-refractivity contribution in [2.24, 2.45) is 7.05 Å². The molecule has 0 amide bonds. The summed E-state index contributed by atoms with van der Waals surface area (Å²) in [5.41, 5.74) is -0.0615. The molecule has 8 nitrogen and oxygen atoms in total. The van der Waals surface area contributed by atoms with E-state index in [9.17, 15) is 21.6 Å². The summed E-state index contributed by atoms with van der Waals surface area (Å²) in [6.45, 7) is -0.0761. The van der Waals surface area contributed by atoms with Crippen molar-refractivity contribution in [3.05, 3.63) is 42.2 Å². The lowest BCUT2D eigenvalue weighted by atomic mass is 10.2. The van der Waals surface area contributed by atoms with Gasteiger partial charge in [-0.05, 0) is 24.3 Å². The number of rotatable bonds is 7. The van der Waals surface area contributed by atoms with Crippen LogP contribution in [0.3, 0.4) is 0 Å². The van der Waals surface area contributed by atoms with E-state index in [0.717, 1.165) is 23.7 Å². The number of aromatic nitrogens is 3. The van der Waals surface area contributed by atoms with Gasteiger partial charge in [-0.2, -0.15) is 18.3 Å². The molecule has 0 aliphatic rings. The van der Waals surface area contributed by atoms with Crippen LogP contribution in [0.5, 0.6) is 5.75 Å². The Labute approximate surface area is 171 Å². The number of fused-ring (bicyclic) bond motifs is 1. The average Bonchev–Trinajstić information content (AvgIpc) is 3.07. The number of pyridine rings is 1. The minimum Gasteiger partial charge on any atom is -0.494 e. The van der Waals surface area contributed by atoms with Crippen molar-refractivity contribution >= 4 is 32.4 Å². The second-order valence-electron chi connectivity index (χ2n) is 6.59. The molecule has 0 fully saturated rings. The zero-order valence-electron chi connectivity index (χ0n) is 16.4. The largest absolute Gasteiger partial charge is 0.494 e. The Morgan fingerprint density at radius 3 is 2.67 bits per heavy atom. The number of ether oxygens (including phenoxy) is 1. The van der Waals surface area contributed by atoms with Crippen LogP contribution in [0.2, 0.25) is 0 Å². The summed E-state index contributed by atoms with van der Waals surface area (Å²) in [5.74, 6) is -0.0346. The third-order valence-electron chi connectivity index (χ3n) is 4.50. The van der Waals surface area contributed by atoms with E-state index in [1.807, 2.05) is 0 Å². The van der Waals surface area contributed by atoms with Crippen LogP contribution in [0.4, 0.5) is 24.7 Å². The van der Waals surface area contributed by atoms with Crippen molar-refractivity contribution in [1.29, 1.82) is 0 Å². The number of halogens is 3. The Bertz CT molecular complexity index is 1160. The first-order chi connectivity index (χ1) is 14.0. The number of sulfonamides is 1. The first-order valence-corrected chi connectivity index (χ1v) is 10.4. The van der Waals surface area contributed by atoms with Crippen LogP contribution in [0.1, 0.15) is 5.56 Å². The van der Waals surface area contributed by atoms with E-state index in [1.54, 1.807) is 25.4 Å². The molecule has 12 heteroatoms. The van der Waals surface area contributed by atoms with Crippen molar-refractivity contribution in [3.8, 4) is 5.75 Å². The molecule has 0 radical (unpaired) electrons. The van der Waals surface area contributed by atoms with Crippen LogP contribution in [0.25, 0.3) is 10.9 Å². The monoisotopic (exact) mass is 443 g/mol.